The molecule has 4 rings (SSSR count). The third kappa shape index (κ3) is 3.78. The number of aliphatic hydroxyl groups excluding tert-OH is 1. The fraction of sp³-hybridized carbons (Fsp3) is 0.217. The highest BCUT2D eigenvalue weighted by Crippen LogP contribution is 2.30. The first-order valence-electron chi connectivity index (χ1n) is 9.48. The van der Waals surface area contributed by atoms with Gasteiger partial charge in [-0.3, -0.25) is 4.79 Å². The summed E-state index contributed by atoms with van der Waals surface area (Å²) in [6, 6.07) is 14.4. The van der Waals surface area contributed by atoms with E-state index in [4.69, 9.17) is 4.74 Å². The number of pyridine rings is 1. The molecule has 0 spiro atoms. The minimum Gasteiger partial charge on any atom is -0.443 e. The molecule has 6 nitrogen and oxygen atoms in total. The quantitative estimate of drug-likeness (QED) is 0.423. The number of aromatic amines is 1. The van der Waals surface area contributed by atoms with E-state index in [2.05, 4.69) is 20.9 Å². The van der Waals surface area contributed by atoms with E-state index in [0.29, 0.717) is 27.9 Å². The van der Waals surface area contributed by atoms with Crippen molar-refractivity contribution in [3.63, 3.8) is 0 Å². The van der Waals surface area contributed by atoms with Gasteiger partial charge in [-0.2, -0.15) is 0 Å². The van der Waals surface area contributed by atoms with Gasteiger partial charge in [-0.1, -0.05) is 22.0 Å². The lowest BCUT2D eigenvalue weighted by atomic mass is 10.1. The second-order valence-electron chi connectivity index (χ2n) is 8.14. The van der Waals surface area contributed by atoms with Crippen molar-refractivity contribution in [3.8, 4) is 11.3 Å². The number of hydrogen-bond donors (Lipinski definition) is 2. The monoisotopic (exact) mass is 468 g/mol. The largest absolute Gasteiger partial charge is 0.443 e. The highest BCUT2D eigenvalue weighted by molar-refractivity contribution is 9.10. The standard InChI is InChI=1S/C23H21BrN2O4/c1-23(2,3)30-22(29)26-19-7-4-13(12-27)8-15(19)11-20(26)17-10-14-9-16(24)5-6-18(14)25-21(17)28/h4-11,27H,12H2,1-3H3,(H,25,28). The van der Waals surface area contributed by atoms with Gasteiger partial charge >= 0.3 is 6.09 Å². The first-order chi connectivity index (χ1) is 14.2. The minimum atomic E-state index is -0.698. The highest BCUT2D eigenvalue weighted by atomic mass is 79.9. The predicted molar refractivity (Wildman–Crippen MR) is 121 cm³/mol. The number of benzene rings is 2. The molecule has 0 aliphatic heterocycles. The number of carbonyl (C=O) groups excluding carboxylic acids is 1. The van der Waals surface area contributed by atoms with Crippen LogP contribution in [0.25, 0.3) is 33.1 Å². The molecule has 0 radical (unpaired) electrons. The molecule has 0 unspecified atom stereocenters. The number of halogens is 1. The molecule has 0 atom stereocenters. The molecular formula is C23H21BrN2O4. The number of ether oxygens (including phenoxy) is 1. The van der Waals surface area contributed by atoms with Gasteiger partial charge in [-0.05, 0) is 68.8 Å². The van der Waals surface area contributed by atoms with Gasteiger partial charge in [0.15, 0.2) is 0 Å². The molecule has 0 fully saturated rings. The van der Waals surface area contributed by atoms with Crippen LogP contribution in [0.3, 0.4) is 0 Å². The summed E-state index contributed by atoms with van der Waals surface area (Å²) < 4.78 is 7.91. The Morgan fingerprint density at radius 1 is 1.10 bits per heavy atom. The van der Waals surface area contributed by atoms with Crippen molar-refractivity contribution in [2.45, 2.75) is 33.0 Å². The Balaban J connectivity index is 2.01. The van der Waals surface area contributed by atoms with Crippen molar-refractivity contribution in [2.24, 2.45) is 0 Å². The van der Waals surface area contributed by atoms with Crippen LogP contribution < -0.4 is 5.56 Å². The van der Waals surface area contributed by atoms with E-state index >= 15 is 0 Å². The summed E-state index contributed by atoms with van der Waals surface area (Å²) in [5.41, 5.74) is 1.80. The number of nitrogens with zero attached hydrogens (tertiary/aromatic N) is 1. The summed E-state index contributed by atoms with van der Waals surface area (Å²) in [6.45, 7) is 5.26. The van der Waals surface area contributed by atoms with Crippen molar-refractivity contribution < 1.29 is 14.6 Å². The third-order valence-corrected chi connectivity index (χ3v) is 5.20. The number of hydrogen-bond acceptors (Lipinski definition) is 4. The summed E-state index contributed by atoms with van der Waals surface area (Å²) in [5.74, 6) is 0. The SMILES string of the molecule is CC(C)(C)OC(=O)n1c(-c2cc3cc(Br)ccc3[nH]c2=O)cc2cc(CO)ccc21. The first-order valence-corrected chi connectivity index (χ1v) is 10.3. The summed E-state index contributed by atoms with van der Waals surface area (Å²) >= 11 is 3.45. The molecule has 0 aliphatic rings. The average molecular weight is 469 g/mol. The van der Waals surface area contributed by atoms with Crippen LogP contribution in [0.2, 0.25) is 0 Å². The van der Waals surface area contributed by atoms with E-state index in [-0.39, 0.29) is 12.2 Å². The highest BCUT2D eigenvalue weighted by Gasteiger charge is 2.24. The molecule has 2 heterocycles. The van der Waals surface area contributed by atoms with Crippen LogP contribution in [0.1, 0.15) is 26.3 Å². The van der Waals surface area contributed by atoms with Crippen LogP contribution in [0.4, 0.5) is 4.79 Å². The van der Waals surface area contributed by atoms with Gasteiger partial charge in [0.1, 0.15) is 5.60 Å². The number of aromatic nitrogens is 2. The Bertz CT molecular complexity index is 1350. The zero-order chi connectivity index (χ0) is 21.6. The Morgan fingerprint density at radius 2 is 1.87 bits per heavy atom. The minimum absolute atomic E-state index is 0.118. The number of rotatable bonds is 2. The number of fused-ring (bicyclic) bond motifs is 2. The van der Waals surface area contributed by atoms with Crippen molar-refractivity contribution in [1.29, 1.82) is 0 Å². The predicted octanol–water partition coefficient (Wildman–Crippen LogP) is 5.19. The van der Waals surface area contributed by atoms with Gasteiger partial charge in [0, 0.05) is 20.8 Å². The van der Waals surface area contributed by atoms with E-state index in [1.165, 1.54) is 4.57 Å². The van der Waals surface area contributed by atoms with E-state index in [9.17, 15) is 14.7 Å². The third-order valence-electron chi connectivity index (χ3n) is 4.71. The molecule has 2 N–H and O–H groups in total. The number of H-pyrrole nitrogens is 1. The molecule has 0 saturated heterocycles. The van der Waals surface area contributed by atoms with Gasteiger partial charge in [0.25, 0.3) is 5.56 Å². The van der Waals surface area contributed by atoms with Crippen LogP contribution in [0, 0.1) is 0 Å². The lowest BCUT2D eigenvalue weighted by Gasteiger charge is -2.21. The van der Waals surface area contributed by atoms with Crippen LogP contribution >= 0.6 is 15.9 Å². The molecule has 0 amide bonds. The van der Waals surface area contributed by atoms with E-state index in [1.54, 1.807) is 51.1 Å². The second-order valence-corrected chi connectivity index (χ2v) is 9.06. The molecule has 0 saturated carbocycles. The van der Waals surface area contributed by atoms with Gasteiger partial charge < -0.3 is 14.8 Å². The van der Waals surface area contributed by atoms with Crippen molar-refractivity contribution in [1.82, 2.24) is 9.55 Å². The molecule has 7 heteroatoms. The molecule has 0 bridgehead atoms. The van der Waals surface area contributed by atoms with Crippen LogP contribution in [-0.2, 0) is 11.3 Å². The maximum atomic E-state index is 13.1. The Labute approximate surface area is 181 Å². The van der Waals surface area contributed by atoms with E-state index in [0.717, 1.165) is 15.2 Å². The number of aliphatic hydroxyl groups is 1. The fourth-order valence-corrected chi connectivity index (χ4v) is 3.81. The summed E-state index contributed by atoms with van der Waals surface area (Å²) in [6.07, 6.45) is -0.571. The summed E-state index contributed by atoms with van der Waals surface area (Å²) in [5, 5.41) is 11.0. The van der Waals surface area contributed by atoms with Crippen molar-refractivity contribution in [2.75, 3.05) is 0 Å². The lowest BCUT2D eigenvalue weighted by Crippen LogP contribution is -2.28. The molecule has 4 aromatic rings. The first kappa shape index (κ1) is 20.4. The Morgan fingerprint density at radius 3 is 2.57 bits per heavy atom. The van der Waals surface area contributed by atoms with Crippen LogP contribution in [0.5, 0.6) is 0 Å². The second kappa shape index (κ2) is 7.41. The lowest BCUT2D eigenvalue weighted by molar-refractivity contribution is 0.0547. The fourth-order valence-electron chi connectivity index (χ4n) is 3.43. The molecule has 0 aliphatic carbocycles. The normalized spacial score (nSPS) is 11.9. The zero-order valence-corrected chi connectivity index (χ0v) is 18.4. The molecule has 2 aromatic heterocycles. The average Bonchev–Trinajstić information content (AvgIpc) is 3.04. The Kier molecular flexibility index (Phi) is 5.03. The maximum absolute atomic E-state index is 13.1. The maximum Gasteiger partial charge on any atom is 0.419 e. The number of carbonyl (C=O) groups is 1. The zero-order valence-electron chi connectivity index (χ0n) is 16.8. The van der Waals surface area contributed by atoms with E-state index in [1.807, 2.05) is 18.2 Å². The van der Waals surface area contributed by atoms with Gasteiger partial charge in [0.05, 0.1) is 23.4 Å². The van der Waals surface area contributed by atoms with Crippen LogP contribution in [0.15, 0.2) is 57.8 Å². The molecule has 2 aromatic carbocycles. The van der Waals surface area contributed by atoms with Gasteiger partial charge in [-0.15, -0.1) is 0 Å². The van der Waals surface area contributed by atoms with Crippen molar-refractivity contribution >= 4 is 43.8 Å². The van der Waals surface area contributed by atoms with Gasteiger partial charge in [-0.25, -0.2) is 9.36 Å². The Hall–Kier alpha value is -2.90. The summed E-state index contributed by atoms with van der Waals surface area (Å²) in [7, 11) is 0. The van der Waals surface area contributed by atoms with E-state index < -0.39 is 11.7 Å². The molecule has 154 valence electrons. The van der Waals surface area contributed by atoms with Crippen LogP contribution in [-0.4, -0.2) is 26.4 Å². The molecular weight excluding hydrogens is 448 g/mol. The smallest absolute Gasteiger partial charge is 0.419 e. The van der Waals surface area contributed by atoms with Crippen molar-refractivity contribution in [3.05, 3.63) is 68.9 Å². The number of nitrogens with one attached hydrogen (secondary N) is 1. The summed E-state index contributed by atoms with van der Waals surface area (Å²) in [4.78, 5) is 28.9. The molecule has 30 heavy (non-hydrogen) atoms. The van der Waals surface area contributed by atoms with Gasteiger partial charge in [0.2, 0.25) is 0 Å². The topological polar surface area (TPSA) is 84.3 Å².